The van der Waals surface area contributed by atoms with Gasteiger partial charge in [-0.1, -0.05) is 18.6 Å². The van der Waals surface area contributed by atoms with Crippen molar-refractivity contribution in [3.63, 3.8) is 0 Å². The van der Waals surface area contributed by atoms with E-state index in [4.69, 9.17) is 9.84 Å². The molecule has 3 aromatic carbocycles. The first kappa shape index (κ1) is 22.0. The number of hydrogen-bond acceptors (Lipinski definition) is 5. The largest absolute Gasteiger partial charge is 0.508 e. The predicted molar refractivity (Wildman–Crippen MR) is 134 cm³/mol. The van der Waals surface area contributed by atoms with Gasteiger partial charge < -0.3 is 14.9 Å². The van der Waals surface area contributed by atoms with Crippen molar-refractivity contribution in [3.05, 3.63) is 78.9 Å². The lowest BCUT2D eigenvalue weighted by Crippen LogP contribution is -2.33. The van der Waals surface area contributed by atoms with Crippen LogP contribution in [-0.2, 0) is 0 Å². The quantitative estimate of drug-likeness (QED) is 0.386. The fourth-order valence-electron chi connectivity index (χ4n) is 4.38. The third kappa shape index (κ3) is 5.07. The molecule has 6 nitrogen and oxygen atoms in total. The number of piperidine rings is 1. The summed E-state index contributed by atoms with van der Waals surface area (Å²) in [7, 11) is 0. The van der Waals surface area contributed by atoms with E-state index >= 15 is 0 Å². The van der Waals surface area contributed by atoms with E-state index < -0.39 is 0 Å². The van der Waals surface area contributed by atoms with Crippen molar-refractivity contribution in [1.82, 2.24) is 14.7 Å². The third-order valence-electron chi connectivity index (χ3n) is 6.22. The highest BCUT2D eigenvalue weighted by atomic mass is 16.5. The Morgan fingerprint density at radius 2 is 1.53 bits per heavy atom. The van der Waals surface area contributed by atoms with Crippen LogP contribution >= 0.6 is 0 Å². The molecule has 174 valence electrons. The van der Waals surface area contributed by atoms with Crippen LogP contribution in [0, 0.1) is 0 Å². The molecule has 0 saturated carbocycles. The van der Waals surface area contributed by atoms with Crippen LogP contribution in [0.2, 0.25) is 0 Å². The summed E-state index contributed by atoms with van der Waals surface area (Å²) in [6.07, 6.45) is 3.92. The van der Waals surface area contributed by atoms with E-state index in [0.717, 1.165) is 40.5 Å². The lowest BCUT2D eigenvalue weighted by atomic mass is 10.1. The average Bonchev–Trinajstić information content (AvgIpc) is 3.31. The van der Waals surface area contributed by atoms with Gasteiger partial charge in [-0.15, -0.1) is 0 Å². The zero-order valence-corrected chi connectivity index (χ0v) is 19.1. The van der Waals surface area contributed by atoms with Crippen molar-refractivity contribution >= 4 is 0 Å². The van der Waals surface area contributed by atoms with Crippen molar-refractivity contribution in [2.75, 3.05) is 26.2 Å². The van der Waals surface area contributed by atoms with Crippen LogP contribution in [0.15, 0.2) is 78.9 Å². The van der Waals surface area contributed by atoms with Crippen LogP contribution in [0.5, 0.6) is 17.2 Å². The molecule has 34 heavy (non-hydrogen) atoms. The number of nitrogens with zero attached hydrogens (tertiary/aromatic N) is 3. The molecule has 2 heterocycles. The molecule has 0 atom stereocenters. The molecule has 0 amide bonds. The molecule has 1 aromatic heterocycles. The number of phenolic OH excluding ortho intramolecular Hbond substituents is 2. The Morgan fingerprint density at radius 1 is 0.765 bits per heavy atom. The van der Waals surface area contributed by atoms with E-state index in [1.54, 1.807) is 24.3 Å². The monoisotopic (exact) mass is 455 g/mol. The van der Waals surface area contributed by atoms with E-state index in [1.807, 2.05) is 59.3 Å². The van der Waals surface area contributed by atoms with Gasteiger partial charge in [0.05, 0.1) is 17.1 Å². The van der Waals surface area contributed by atoms with E-state index in [2.05, 4.69) is 4.90 Å². The highest BCUT2D eigenvalue weighted by Crippen LogP contribution is 2.31. The molecule has 0 aliphatic carbocycles. The maximum Gasteiger partial charge on any atom is 0.119 e. The molecule has 1 saturated heterocycles. The molecule has 1 aliphatic heterocycles. The van der Waals surface area contributed by atoms with Crippen LogP contribution in [0.1, 0.15) is 19.3 Å². The Morgan fingerprint density at radius 3 is 2.26 bits per heavy atom. The van der Waals surface area contributed by atoms with Crippen LogP contribution < -0.4 is 4.74 Å². The summed E-state index contributed by atoms with van der Waals surface area (Å²) in [5.74, 6) is 1.25. The first-order valence-electron chi connectivity index (χ1n) is 11.8. The first-order chi connectivity index (χ1) is 16.7. The molecule has 5 rings (SSSR count). The summed E-state index contributed by atoms with van der Waals surface area (Å²) in [5.41, 5.74) is 4.30. The second kappa shape index (κ2) is 10.0. The topological polar surface area (TPSA) is 70.8 Å². The predicted octanol–water partition coefficient (Wildman–Crippen LogP) is 5.48. The highest BCUT2D eigenvalue weighted by Gasteiger charge is 2.14. The van der Waals surface area contributed by atoms with Crippen molar-refractivity contribution in [2.45, 2.75) is 19.3 Å². The molecule has 6 heteroatoms. The highest BCUT2D eigenvalue weighted by molar-refractivity contribution is 5.71. The summed E-state index contributed by atoms with van der Waals surface area (Å²) >= 11 is 0. The summed E-state index contributed by atoms with van der Waals surface area (Å²) < 4.78 is 7.80. The SMILES string of the molecule is Oc1ccc(-n2nc(-c3ccc(OCCN4CCCCC4)cc3)cc2-c2cccc(O)c2)cc1. The molecule has 2 N–H and O–H groups in total. The van der Waals surface area contributed by atoms with Crippen LogP contribution in [0.4, 0.5) is 0 Å². The van der Waals surface area contributed by atoms with E-state index in [-0.39, 0.29) is 11.5 Å². The van der Waals surface area contributed by atoms with Gasteiger partial charge in [-0.2, -0.15) is 5.10 Å². The zero-order valence-electron chi connectivity index (χ0n) is 19.1. The summed E-state index contributed by atoms with van der Waals surface area (Å²) in [4.78, 5) is 2.47. The maximum absolute atomic E-state index is 10.0. The second-order valence-electron chi connectivity index (χ2n) is 8.67. The van der Waals surface area contributed by atoms with Gasteiger partial charge in [-0.05, 0) is 92.7 Å². The molecule has 1 aliphatic rings. The lowest BCUT2D eigenvalue weighted by molar-refractivity contribution is 0.183. The normalized spacial score (nSPS) is 14.2. The summed E-state index contributed by atoms with van der Waals surface area (Å²) in [5, 5.41) is 24.5. The average molecular weight is 456 g/mol. The van der Waals surface area contributed by atoms with Gasteiger partial charge in [-0.25, -0.2) is 4.68 Å². The molecule has 1 fully saturated rings. The van der Waals surface area contributed by atoms with Crippen molar-refractivity contribution < 1.29 is 14.9 Å². The minimum absolute atomic E-state index is 0.198. The Balaban J connectivity index is 1.37. The van der Waals surface area contributed by atoms with E-state index in [9.17, 15) is 10.2 Å². The minimum Gasteiger partial charge on any atom is -0.508 e. The van der Waals surface area contributed by atoms with Gasteiger partial charge >= 0.3 is 0 Å². The molecule has 4 aromatic rings. The number of rotatable bonds is 7. The van der Waals surface area contributed by atoms with Crippen LogP contribution in [-0.4, -0.2) is 51.1 Å². The van der Waals surface area contributed by atoms with Gasteiger partial charge in [-0.3, -0.25) is 4.90 Å². The van der Waals surface area contributed by atoms with Crippen molar-refractivity contribution in [3.8, 4) is 45.5 Å². The fourth-order valence-corrected chi connectivity index (χ4v) is 4.38. The Labute approximate surface area is 199 Å². The Kier molecular flexibility index (Phi) is 6.49. The molecule has 0 unspecified atom stereocenters. The zero-order chi connectivity index (χ0) is 23.3. The smallest absolute Gasteiger partial charge is 0.119 e. The van der Waals surface area contributed by atoms with Crippen LogP contribution in [0.25, 0.3) is 28.2 Å². The fraction of sp³-hybridized carbons (Fsp3) is 0.250. The molecule has 0 radical (unpaired) electrons. The Bertz CT molecular complexity index is 1230. The minimum atomic E-state index is 0.198. The second-order valence-corrected chi connectivity index (χ2v) is 8.67. The summed E-state index contributed by atoms with van der Waals surface area (Å²) in [6.45, 7) is 4.00. The maximum atomic E-state index is 10.0. The number of aromatic hydroxyl groups is 2. The third-order valence-corrected chi connectivity index (χ3v) is 6.22. The lowest BCUT2D eigenvalue weighted by Gasteiger charge is -2.26. The van der Waals surface area contributed by atoms with E-state index in [1.165, 1.54) is 32.4 Å². The number of likely N-dealkylation sites (tertiary alicyclic amines) is 1. The van der Waals surface area contributed by atoms with Gasteiger partial charge in [0.25, 0.3) is 0 Å². The Hall–Kier alpha value is -3.77. The summed E-state index contributed by atoms with van der Waals surface area (Å²) in [6, 6.07) is 24.1. The van der Waals surface area contributed by atoms with Gasteiger partial charge in [0.2, 0.25) is 0 Å². The standard InChI is InChI=1S/C28H29N3O3/c32-24-11-9-23(10-12-24)31-28(22-5-4-6-25(33)19-22)20-27(29-31)21-7-13-26(14-8-21)34-18-17-30-15-2-1-3-16-30/h4-14,19-20,32-33H,1-3,15-18H2. The van der Waals surface area contributed by atoms with Gasteiger partial charge in [0.1, 0.15) is 23.9 Å². The molecule has 0 bridgehead atoms. The number of hydrogen-bond donors (Lipinski definition) is 2. The molecular formula is C28H29N3O3. The molecular weight excluding hydrogens is 426 g/mol. The van der Waals surface area contributed by atoms with Gasteiger partial charge in [0.15, 0.2) is 0 Å². The molecule has 0 spiro atoms. The van der Waals surface area contributed by atoms with Crippen molar-refractivity contribution in [1.29, 1.82) is 0 Å². The number of aromatic nitrogens is 2. The van der Waals surface area contributed by atoms with Gasteiger partial charge in [0, 0.05) is 17.7 Å². The number of benzene rings is 3. The van der Waals surface area contributed by atoms with E-state index in [0.29, 0.717) is 6.61 Å². The van der Waals surface area contributed by atoms with Crippen molar-refractivity contribution in [2.24, 2.45) is 0 Å². The first-order valence-corrected chi connectivity index (χ1v) is 11.8. The van der Waals surface area contributed by atoms with Crippen LogP contribution in [0.3, 0.4) is 0 Å². The number of phenols is 2. The number of ether oxygens (including phenoxy) is 1.